The van der Waals surface area contributed by atoms with Crippen molar-refractivity contribution >= 4 is 11.0 Å². The molecular weight excluding hydrogens is 322 g/mol. The summed E-state index contributed by atoms with van der Waals surface area (Å²) in [5.74, 6) is 0.392. The van der Waals surface area contributed by atoms with Crippen LogP contribution in [-0.2, 0) is 11.8 Å². The third kappa shape index (κ3) is 2.51. The largest absolute Gasteiger partial charge is 0.505 e. The lowest BCUT2D eigenvalue weighted by Gasteiger charge is -2.33. The van der Waals surface area contributed by atoms with Crippen LogP contribution in [0.1, 0.15) is 59.1 Å². The molecule has 0 saturated heterocycles. The number of phenolic OH excluding ortho intramolecular Hbond substituents is 1. The number of aryl methyl sites for hydroxylation is 1. The molecule has 4 aromatic rings. The van der Waals surface area contributed by atoms with Crippen LogP contribution in [0.4, 0.5) is 0 Å². The van der Waals surface area contributed by atoms with Gasteiger partial charge in [-0.3, -0.25) is 0 Å². The first kappa shape index (κ1) is 17.1. The fourth-order valence-electron chi connectivity index (χ4n) is 4.42. The average Bonchev–Trinajstić information content (AvgIpc) is 3.19. The lowest BCUT2D eigenvalue weighted by molar-refractivity contribution is 0.284. The number of hydrogen-bond acceptors (Lipinski definition) is 1. The number of benzene rings is 2. The van der Waals surface area contributed by atoms with Gasteiger partial charge in [0.15, 0.2) is 0 Å². The maximum absolute atomic E-state index is 10.9. The molecule has 0 atom stereocenters. The van der Waals surface area contributed by atoms with E-state index in [1.54, 1.807) is 0 Å². The number of para-hydroxylation sites is 2. The second-order valence-electron chi connectivity index (χ2n) is 9.34. The van der Waals surface area contributed by atoms with Gasteiger partial charge >= 0.3 is 0 Å². The SMILES string of the molecule is CCc1cc(C(C)(C)CC(C)(C)C)cc(-n2n3c4ccccc4n23)c1O. The second-order valence-corrected chi connectivity index (χ2v) is 9.34. The Hall–Kier alpha value is -2.36. The number of rotatable bonds is 4. The molecule has 2 aromatic heterocycles. The zero-order valence-electron chi connectivity index (χ0n) is 16.7. The van der Waals surface area contributed by atoms with Crippen molar-refractivity contribution in [3.05, 3.63) is 47.5 Å². The van der Waals surface area contributed by atoms with Crippen molar-refractivity contribution in [3.8, 4) is 11.4 Å². The monoisotopic (exact) mass is 351 g/mol. The summed E-state index contributed by atoms with van der Waals surface area (Å²) in [5, 5.41) is 10.9. The molecule has 2 heterocycles. The van der Waals surface area contributed by atoms with Gasteiger partial charge < -0.3 is 5.11 Å². The Labute approximate surface area is 154 Å². The van der Waals surface area contributed by atoms with Crippen LogP contribution in [0.2, 0.25) is 0 Å². The van der Waals surface area contributed by atoms with E-state index < -0.39 is 0 Å². The summed E-state index contributed by atoms with van der Waals surface area (Å²) in [6, 6.07) is 12.7. The number of phenols is 1. The van der Waals surface area contributed by atoms with Crippen LogP contribution in [-0.4, -0.2) is 19.2 Å². The van der Waals surface area contributed by atoms with Crippen LogP contribution in [0, 0.1) is 5.41 Å². The van der Waals surface area contributed by atoms with Crippen molar-refractivity contribution in [2.75, 3.05) is 0 Å². The molecule has 0 aliphatic rings. The van der Waals surface area contributed by atoms with E-state index in [0.717, 1.165) is 24.1 Å². The molecule has 26 heavy (non-hydrogen) atoms. The first-order valence-corrected chi connectivity index (χ1v) is 9.49. The van der Waals surface area contributed by atoms with Crippen molar-refractivity contribution in [1.29, 1.82) is 0 Å². The van der Waals surface area contributed by atoms with Gasteiger partial charge in [0.05, 0.1) is 0 Å². The summed E-state index contributed by atoms with van der Waals surface area (Å²) >= 11 is 0. The molecule has 0 saturated carbocycles. The van der Waals surface area contributed by atoms with E-state index >= 15 is 0 Å². The number of aromatic nitrogens is 3. The summed E-state index contributed by atoms with van der Waals surface area (Å²) in [4.78, 5) is 2.07. The average molecular weight is 351 g/mol. The molecule has 2 aromatic carbocycles. The van der Waals surface area contributed by atoms with E-state index in [1.807, 2.05) is 12.1 Å². The predicted octanol–water partition coefficient (Wildman–Crippen LogP) is 5.40. The minimum Gasteiger partial charge on any atom is -0.505 e. The molecule has 0 amide bonds. The number of fused-ring (bicyclic) bond motifs is 4. The molecule has 1 N–H and O–H groups in total. The van der Waals surface area contributed by atoms with Crippen LogP contribution in [0.15, 0.2) is 36.4 Å². The first-order valence-electron chi connectivity index (χ1n) is 9.49. The Kier molecular flexibility index (Phi) is 3.49. The topological polar surface area (TPSA) is 34.0 Å². The molecular formula is C22H29N3O. The van der Waals surface area contributed by atoms with Gasteiger partial charge in [0.2, 0.25) is 0 Å². The molecule has 0 unspecified atom stereocenters. The molecule has 4 nitrogen and oxygen atoms in total. The van der Waals surface area contributed by atoms with Gasteiger partial charge in [-0.2, -0.15) is 0 Å². The van der Waals surface area contributed by atoms with E-state index in [4.69, 9.17) is 0 Å². The summed E-state index contributed by atoms with van der Waals surface area (Å²) in [7, 11) is 0. The van der Waals surface area contributed by atoms with E-state index in [9.17, 15) is 5.11 Å². The lowest BCUT2D eigenvalue weighted by Crippen LogP contribution is -2.25. The zero-order valence-corrected chi connectivity index (χ0v) is 16.7. The van der Waals surface area contributed by atoms with E-state index in [-0.39, 0.29) is 10.8 Å². The summed E-state index contributed by atoms with van der Waals surface area (Å²) < 4.78 is 4.20. The van der Waals surface area contributed by atoms with Crippen molar-refractivity contribution in [2.45, 2.75) is 59.8 Å². The zero-order chi connectivity index (χ0) is 18.9. The molecule has 0 fully saturated rings. The van der Waals surface area contributed by atoms with Crippen LogP contribution >= 0.6 is 0 Å². The highest BCUT2D eigenvalue weighted by molar-refractivity contribution is 5.79. The quantitative estimate of drug-likeness (QED) is 0.524. The maximum atomic E-state index is 10.9. The van der Waals surface area contributed by atoms with Gasteiger partial charge in [-0.25, -0.2) is 0 Å². The van der Waals surface area contributed by atoms with Gasteiger partial charge in [0.1, 0.15) is 22.5 Å². The molecule has 4 rings (SSSR count). The van der Waals surface area contributed by atoms with Gasteiger partial charge in [0.25, 0.3) is 0 Å². The van der Waals surface area contributed by atoms with E-state index in [0.29, 0.717) is 5.75 Å². The first-order chi connectivity index (χ1) is 12.1. The van der Waals surface area contributed by atoms with Crippen molar-refractivity contribution < 1.29 is 5.11 Å². The third-order valence-corrected chi connectivity index (χ3v) is 5.34. The van der Waals surface area contributed by atoms with E-state index in [1.165, 1.54) is 16.6 Å². The molecule has 0 aliphatic carbocycles. The smallest absolute Gasteiger partial charge is 0.146 e. The number of aromatic hydroxyl groups is 1. The fraction of sp³-hybridized carbons (Fsp3) is 0.455. The second kappa shape index (κ2) is 5.32. The highest BCUT2D eigenvalue weighted by Gasteiger charge is 2.31. The Morgan fingerprint density at radius 3 is 2.00 bits per heavy atom. The molecule has 0 radical (unpaired) electrons. The summed E-state index contributed by atoms with van der Waals surface area (Å²) in [6.45, 7) is 13.6. The van der Waals surface area contributed by atoms with Gasteiger partial charge in [-0.05, 0) is 53.0 Å². The van der Waals surface area contributed by atoms with Crippen molar-refractivity contribution in [1.82, 2.24) is 14.1 Å². The van der Waals surface area contributed by atoms with Gasteiger partial charge in [-0.1, -0.05) is 59.7 Å². The lowest BCUT2D eigenvalue weighted by atomic mass is 9.72. The Balaban J connectivity index is 1.86. The van der Waals surface area contributed by atoms with E-state index in [2.05, 4.69) is 79.9 Å². The minimum absolute atomic E-state index is 0.0389. The standard InChI is InChI=1S/C22H29N3O/c1-7-15-12-16(22(5,6)14-21(2,3)4)13-19(20(15)26)25-23-17-10-8-9-11-18(17)24(23)25/h8-13,26H,7,14H2,1-6H3. The van der Waals surface area contributed by atoms with Crippen LogP contribution in [0.25, 0.3) is 16.7 Å². The van der Waals surface area contributed by atoms with Crippen LogP contribution < -0.4 is 0 Å². The highest BCUT2D eigenvalue weighted by atomic mass is 16.3. The minimum atomic E-state index is 0.0389. The van der Waals surface area contributed by atoms with Crippen LogP contribution in [0.3, 0.4) is 0 Å². The van der Waals surface area contributed by atoms with Gasteiger partial charge in [-0.15, -0.1) is 14.1 Å². The van der Waals surface area contributed by atoms with Crippen LogP contribution in [0.5, 0.6) is 5.75 Å². The summed E-state index contributed by atoms with van der Waals surface area (Å²) in [5.41, 5.74) is 5.82. The van der Waals surface area contributed by atoms with Crippen molar-refractivity contribution in [3.63, 3.8) is 0 Å². The highest BCUT2D eigenvalue weighted by Crippen LogP contribution is 2.41. The Morgan fingerprint density at radius 1 is 0.923 bits per heavy atom. The molecule has 0 spiro atoms. The summed E-state index contributed by atoms with van der Waals surface area (Å²) in [6.07, 6.45) is 1.90. The predicted molar refractivity (Wildman–Crippen MR) is 107 cm³/mol. The fourth-order valence-corrected chi connectivity index (χ4v) is 4.42. The maximum Gasteiger partial charge on any atom is 0.146 e. The molecule has 138 valence electrons. The number of hydrogen-bond donors (Lipinski definition) is 1. The van der Waals surface area contributed by atoms with Gasteiger partial charge in [0, 0.05) is 0 Å². The molecule has 0 bridgehead atoms. The van der Waals surface area contributed by atoms with Crippen molar-refractivity contribution in [2.24, 2.45) is 5.41 Å². The normalized spacial score (nSPS) is 13.5. The molecule has 0 aliphatic heterocycles. The Bertz CT molecular complexity index is 1030. The third-order valence-electron chi connectivity index (χ3n) is 5.34. The Morgan fingerprint density at radius 2 is 1.50 bits per heavy atom. The molecule has 4 heteroatoms. The number of nitrogens with zero attached hydrogens (tertiary/aromatic N) is 3.